The van der Waals surface area contributed by atoms with Crippen molar-refractivity contribution in [3.8, 4) is 0 Å². The minimum atomic E-state index is -0.486. The zero-order valence-corrected chi connectivity index (χ0v) is 13.2. The summed E-state index contributed by atoms with van der Waals surface area (Å²) >= 11 is 6.97. The Bertz CT molecular complexity index is 532. The number of halogens is 2. The summed E-state index contributed by atoms with van der Waals surface area (Å²) in [7, 11) is 0. The Morgan fingerprint density at radius 1 is 1.11 bits per heavy atom. The summed E-state index contributed by atoms with van der Waals surface area (Å²) in [6, 6.07) is 14.0. The highest BCUT2D eigenvalue weighted by atomic mass is 79.9. The average molecular weight is 370 g/mol. The van der Waals surface area contributed by atoms with E-state index in [0.29, 0.717) is 6.42 Å². The zero-order valence-electron chi connectivity index (χ0n) is 10.0. The van der Waals surface area contributed by atoms with Gasteiger partial charge in [0.15, 0.2) is 0 Å². The Kier molecular flexibility index (Phi) is 4.60. The topological polar surface area (TPSA) is 20.2 Å². The number of benzene rings is 2. The average Bonchev–Trinajstić information content (AvgIpc) is 2.31. The van der Waals surface area contributed by atoms with Gasteiger partial charge in [-0.1, -0.05) is 56.1 Å². The molecular weight excluding hydrogens is 356 g/mol. The van der Waals surface area contributed by atoms with E-state index in [1.807, 2.05) is 49.4 Å². The van der Waals surface area contributed by atoms with Crippen molar-refractivity contribution in [3.05, 3.63) is 68.1 Å². The summed E-state index contributed by atoms with van der Waals surface area (Å²) in [5.74, 6) is 0. The first-order valence-electron chi connectivity index (χ1n) is 5.75. The number of aliphatic hydroxyl groups is 1. The summed E-state index contributed by atoms with van der Waals surface area (Å²) in [6.45, 7) is 2.03. The molecule has 2 aromatic rings. The normalized spacial score (nSPS) is 12.4. The number of hydrogen-bond donors (Lipinski definition) is 1. The van der Waals surface area contributed by atoms with Crippen LogP contribution in [0.2, 0.25) is 0 Å². The standard InChI is InChI=1S/C15H14Br2O/c1-10-6-12(8-13(16)7-10)15(18)9-11-4-2-3-5-14(11)17/h2-8,15,18H,9H2,1H3. The van der Waals surface area contributed by atoms with Crippen molar-refractivity contribution in [2.24, 2.45) is 0 Å². The summed E-state index contributed by atoms with van der Waals surface area (Å²) in [5.41, 5.74) is 3.20. The van der Waals surface area contributed by atoms with Gasteiger partial charge in [0.05, 0.1) is 6.10 Å². The lowest BCUT2D eigenvalue weighted by Gasteiger charge is -2.13. The van der Waals surface area contributed by atoms with Gasteiger partial charge in [-0.15, -0.1) is 0 Å². The largest absolute Gasteiger partial charge is 0.388 e. The van der Waals surface area contributed by atoms with Crippen LogP contribution in [0.4, 0.5) is 0 Å². The molecule has 2 rings (SSSR count). The van der Waals surface area contributed by atoms with E-state index in [0.717, 1.165) is 25.6 Å². The molecule has 0 heterocycles. The zero-order chi connectivity index (χ0) is 13.1. The Morgan fingerprint density at radius 2 is 1.83 bits per heavy atom. The molecule has 1 atom stereocenters. The third kappa shape index (κ3) is 3.44. The molecule has 0 aliphatic heterocycles. The summed E-state index contributed by atoms with van der Waals surface area (Å²) < 4.78 is 2.04. The van der Waals surface area contributed by atoms with E-state index in [2.05, 4.69) is 31.9 Å². The smallest absolute Gasteiger partial charge is 0.0831 e. The molecule has 0 fully saturated rings. The summed E-state index contributed by atoms with van der Waals surface area (Å²) in [6.07, 6.45) is 0.122. The van der Waals surface area contributed by atoms with Gasteiger partial charge in [-0.25, -0.2) is 0 Å². The predicted octanol–water partition coefficient (Wildman–Crippen LogP) is 4.80. The fourth-order valence-electron chi connectivity index (χ4n) is 1.95. The summed E-state index contributed by atoms with van der Waals surface area (Å²) in [4.78, 5) is 0. The van der Waals surface area contributed by atoms with Crippen LogP contribution in [0.15, 0.2) is 51.4 Å². The second-order valence-electron chi connectivity index (χ2n) is 4.37. The van der Waals surface area contributed by atoms with E-state index in [1.165, 1.54) is 0 Å². The molecule has 0 saturated heterocycles. The van der Waals surface area contributed by atoms with Crippen molar-refractivity contribution >= 4 is 31.9 Å². The molecule has 0 aliphatic rings. The van der Waals surface area contributed by atoms with Gasteiger partial charge in [-0.2, -0.15) is 0 Å². The van der Waals surface area contributed by atoms with Gasteiger partial charge in [0.2, 0.25) is 0 Å². The van der Waals surface area contributed by atoms with Crippen molar-refractivity contribution < 1.29 is 5.11 Å². The van der Waals surface area contributed by atoms with Crippen LogP contribution in [0.25, 0.3) is 0 Å². The number of aryl methyl sites for hydroxylation is 1. The minimum Gasteiger partial charge on any atom is -0.388 e. The van der Waals surface area contributed by atoms with Crippen LogP contribution in [-0.2, 0) is 6.42 Å². The van der Waals surface area contributed by atoms with Crippen LogP contribution in [0.3, 0.4) is 0 Å². The van der Waals surface area contributed by atoms with Crippen LogP contribution in [-0.4, -0.2) is 5.11 Å². The van der Waals surface area contributed by atoms with Gasteiger partial charge in [0.1, 0.15) is 0 Å². The lowest BCUT2D eigenvalue weighted by Crippen LogP contribution is -2.02. The van der Waals surface area contributed by atoms with Crippen molar-refractivity contribution in [2.45, 2.75) is 19.4 Å². The molecular formula is C15H14Br2O. The molecule has 3 heteroatoms. The molecule has 0 radical (unpaired) electrons. The molecule has 94 valence electrons. The third-order valence-corrected chi connectivity index (χ3v) is 4.05. The molecule has 2 aromatic carbocycles. The van der Waals surface area contributed by atoms with Crippen LogP contribution >= 0.6 is 31.9 Å². The first kappa shape index (κ1) is 13.8. The number of rotatable bonds is 3. The van der Waals surface area contributed by atoms with Gasteiger partial charge in [0.25, 0.3) is 0 Å². The van der Waals surface area contributed by atoms with Crippen LogP contribution in [0.5, 0.6) is 0 Å². The fraction of sp³-hybridized carbons (Fsp3) is 0.200. The maximum absolute atomic E-state index is 10.3. The van der Waals surface area contributed by atoms with Gasteiger partial charge >= 0.3 is 0 Å². The fourth-order valence-corrected chi connectivity index (χ4v) is 3.02. The van der Waals surface area contributed by atoms with Crippen LogP contribution in [0.1, 0.15) is 22.8 Å². The molecule has 1 N–H and O–H groups in total. The lowest BCUT2D eigenvalue weighted by molar-refractivity contribution is 0.178. The van der Waals surface area contributed by atoms with E-state index in [-0.39, 0.29) is 0 Å². The SMILES string of the molecule is Cc1cc(Br)cc(C(O)Cc2ccccc2Br)c1. The van der Waals surface area contributed by atoms with Crippen LogP contribution in [0, 0.1) is 6.92 Å². The van der Waals surface area contributed by atoms with Crippen molar-refractivity contribution in [3.63, 3.8) is 0 Å². The Balaban J connectivity index is 2.22. The lowest BCUT2D eigenvalue weighted by atomic mass is 10.0. The Hall–Kier alpha value is -0.640. The van der Waals surface area contributed by atoms with E-state index in [4.69, 9.17) is 0 Å². The number of aliphatic hydroxyl groups excluding tert-OH is 1. The maximum Gasteiger partial charge on any atom is 0.0831 e. The highest BCUT2D eigenvalue weighted by Gasteiger charge is 2.11. The Labute approximate surface area is 124 Å². The highest BCUT2D eigenvalue weighted by Crippen LogP contribution is 2.26. The Morgan fingerprint density at radius 3 is 2.50 bits per heavy atom. The molecule has 1 unspecified atom stereocenters. The van der Waals surface area contributed by atoms with Crippen molar-refractivity contribution in [2.75, 3.05) is 0 Å². The van der Waals surface area contributed by atoms with Gasteiger partial charge in [-0.3, -0.25) is 0 Å². The monoisotopic (exact) mass is 368 g/mol. The molecule has 1 nitrogen and oxygen atoms in total. The van der Waals surface area contributed by atoms with E-state index in [9.17, 15) is 5.11 Å². The molecule has 0 saturated carbocycles. The van der Waals surface area contributed by atoms with Gasteiger partial charge in [0, 0.05) is 15.4 Å². The first-order valence-corrected chi connectivity index (χ1v) is 7.33. The number of hydrogen-bond acceptors (Lipinski definition) is 1. The second kappa shape index (κ2) is 6.00. The predicted molar refractivity (Wildman–Crippen MR) is 81.7 cm³/mol. The maximum atomic E-state index is 10.3. The quantitative estimate of drug-likeness (QED) is 0.824. The molecule has 0 amide bonds. The molecule has 0 aliphatic carbocycles. The summed E-state index contributed by atoms with van der Waals surface area (Å²) in [5, 5.41) is 10.3. The first-order chi connectivity index (χ1) is 8.56. The van der Waals surface area contributed by atoms with Gasteiger partial charge in [-0.05, 0) is 41.8 Å². The van der Waals surface area contributed by atoms with E-state index < -0.39 is 6.10 Å². The molecule has 0 bridgehead atoms. The minimum absolute atomic E-state index is 0.486. The molecule has 18 heavy (non-hydrogen) atoms. The highest BCUT2D eigenvalue weighted by molar-refractivity contribution is 9.10. The second-order valence-corrected chi connectivity index (χ2v) is 6.14. The van der Waals surface area contributed by atoms with Crippen molar-refractivity contribution in [1.29, 1.82) is 0 Å². The van der Waals surface area contributed by atoms with Crippen LogP contribution < -0.4 is 0 Å². The van der Waals surface area contributed by atoms with Crippen molar-refractivity contribution in [1.82, 2.24) is 0 Å². The third-order valence-electron chi connectivity index (χ3n) is 2.82. The van der Waals surface area contributed by atoms with E-state index >= 15 is 0 Å². The van der Waals surface area contributed by atoms with Gasteiger partial charge < -0.3 is 5.11 Å². The van der Waals surface area contributed by atoms with E-state index in [1.54, 1.807) is 0 Å². The molecule has 0 aromatic heterocycles. The molecule has 0 spiro atoms.